The van der Waals surface area contributed by atoms with Crippen molar-refractivity contribution in [3.63, 3.8) is 0 Å². The third-order valence-electron chi connectivity index (χ3n) is 4.86. The second kappa shape index (κ2) is 8.55. The zero-order valence-corrected chi connectivity index (χ0v) is 17.8. The molecule has 0 radical (unpaired) electrons. The molecule has 0 atom stereocenters. The van der Waals surface area contributed by atoms with E-state index in [1.165, 1.54) is 35.5 Å². The van der Waals surface area contributed by atoms with Gasteiger partial charge in [-0.3, -0.25) is 9.59 Å². The quantitative estimate of drug-likeness (QED) is 0.683. The Kier molecular flexibility index (Phi) is 6.32. The molecule has 0 saturated carbocycles. The van der Waals surface area contributed by atoms with Crippen molar-refractivity contribution in [2.24, 2.45) is 5.92 Å². The van der Waals surface area contributed by atoms with Crippen LogP contribution >= 0.6 is 15.9 Å². The Morgan fingerprint density at radius 1 is 1.04 bits per heavy atom. The van der Waals surface area contributed by atoms with E-state index in [0.717, 1.165) is 4.47 Å². The molecule has 8 heteroatoms. The summed E-state index contributed by atoms with van der Waals surface area (Å²) in [6, 6.07) is 13.3. The molecule has 1 heterocycles. The molecule has 1 amide bonds. The number of carbonyl (C=O) groups is 2. The summed E-state index contributed by atoms with van der Waals surface area (Å²) in [5.41, 5.74) is 1.18. The van der Waals surface area contributed by atoms with Crippen LogP contribution in [-0.2, 0) is 14.8 Å². The fraction of sp³-hybridized carbons (Fsp3) is 0.300. The van der Waals surface area contributed by atoms with Gasteiger partial charge in [-0.2, -0.15) is 4.31 Å². The van der Waals surface area contributed by atoms with Crippen LogP contribution in [0.3, 0.4) is 0 Å². The van der Waals surface area contributed by atoms with Gasteiger partial charge in [-0.05, 0) is 60.0 Å². The van der Waals surface area contributed by atoms with Crippen LogP contribution in [0.15, 0.2) is 57.9 Å². The first-order chi connectivity index (χ1) is 13.3. The summed E-state index contributed by atoms with van der Waals surface area (Å²) in [5, 5.41) is 2.90. The minimum atomic E-state index is -3.64. The zero-order chi connectivity index (χ0) is 20.3. The molecule has 0 bridgehead atoms. The largest absolute Gasteiger partial charge is 0.325 e. The van der Waals surface area contributed by atoms with Crippen molar-refractivity contribution >= 4 is 43.3 Å². The van der Waals surface area contributed by atoms with Gasteiger partial charge in [-0.1, -0.05) is 24.3 Å². The fourth-order valence-electron chi connectivity index (χ4n) is 3.17. The molecule has 148 valence electrons. The summed E-state index contributed by atoms with van der Waals surface area (Å²) in [7, 11) is -3.64. The number of Topliss-reactive ketones (excluding diaryl/α,β-unsaturated/α-hetero) is 1. The van der Waals surface area contributed by atoms with Crippen LogP contribution in [0.5, 0.6) is 0 Å². The molecule has 0 spiro atoms. The Morgan fingerprint density at radius 3 is 2.21 bits per heavy atom. The molecule has 1 N–H and O–H groups in total. The van der Waals surface area contributed by atoms with Gasteiger partial charge < -0.3 is 5.32 Å². The molecular formula is C20H21BrN2O4S. The molecule has 1 aliphatic rings. The van der Waals surface area contributed by atoms with E-state index in [9.17, 15) is 18.0 Å². The van der Waals surface area contributed by atoms with Crippen LogP contribution in [0.25, 0.3) is 0 Å². The molecule has 2 aromatic rings. The Morgan fingerprint density at radius 2 is 1.64 bits per heavy atom. The maximum Gasteiger partial charge on any atom is 0.243 e. The third kappa shape index (κ3) is 4.51. The number of ketones is 1. The SMILES string of the molecule is CC(=O)c1ccc(S(=O)(=O)N2CCC(C(=O)Nc3ccccc3Br)CC2)cc1. The first-order valence-electron chi connectivity index (χ1n) is 8.95. The van der Waals surface area contributed by atoms with Crippen LogP contribution in [0, 0.1) is 5.92 Å². The van der Waals surface area contributed by atoms with E-state index in [1.54, 1.807) is 0 Å². The number of anilines is 1. The second-order valence-corrected chi connectivity index (χ2v) is 9.52. The topological polar surface area (TPSA) is 83.6 Å². The van der Waals surface area contributed by atoms with Gasteiger partial charge in [0.1, 0.15) is 0 Å². The standard InChI is InChI=1S/C20H21BrN2O4S/c1-14(24)15-6-8-17(9-7-15)28(26,27)23-12-10-16(11-13-23)20(25)22-19-5-3-2-4-18(19)21/h2-9,16H,10-13H2,1H3,(H,22,25). The Bertz CT molecular complexity index is 982. The summed E-state index contributed by atoms with van der Waals surface area (Å²) in [6.45, 7) is 2.00. The smallest absolute Gasteiger partial charge is 0.243 e. The lowest BCUT2D eigenvalue weighted by Crippen LogP contribution is -2.41. The van der Waals surface area contributed by atoms with Gasteiger partial charge >= 0.3 is 0 Å². The highest BCUT2D eigenvalue weighted by Crippen LogP contribution is 2.27. The Balaban J connectivity index is 1.63. The van der Waals surface area contributed by atoms with Crippen molar-refractivity contribution in [3.05, 3.63) is 58.6 Å². The number of amides is 1. The van der Waals surface area contributed by atoms with E-state index in [4.69, 9.17) is 0 Å². The van der Waals surface area contributed by atoms with E-state index in [-0.39, 0.29) is 35.6 Å². The molecule has 0 aromatic heterocycles. The van der Waals surface area contributed by atoms with E-state index < -0.39 is 10.0 Å². The summed E-state index contributed by atoms with van der Waals surface area (Å²) in [5.74, 6) is -0.450. The molecule has 1 fully saturated rings. The number of nitrogens with zero attached hydrogens (tertiary/aromatic N) is 1. The Labute approximate surface area is 173 Å². The number of para-hydroxylation sites is 1. The lowest BCUT2D eigenvalue weighted by molar-refractivity contribution is -0.120. The monoisotopic (exact) mass is 464 g/mol. The number of piperidine rings is 1. The van der Waals surface area contributed by atoms with Crippen molar-refractivity contribution in [1.29, 1.82) is 0 Å². The van der Waals surface area contributed by atoms with Gasteiger partial charge in [0, 0.05) is 29.0 Å². The molecule has 0 aliphatic carbocycles. The molecule has 3 rings (SSSR count). The minimum absolute atomic E-state index is 0.102. The number of rotatable bonds is 5. The maximum atomic E-state index is 12.8. The van der Waals surface area contributed by atoms with Crippen molar-refractivity contribution in [3.8, 4) is 0 Å². The summed E-state index contributed by atoms with van der Waals surface area (Å²) in [6.07, 6.45) is 0.919. The number of benzene rings is 2. The predicted octanol–water partition coefficient (Wildman–Crippen LogP) is 3.69. The fourth-order valence-corrected chi connectivity index (χ4v) is 5.02. The van der Waals surface area contributed by atoms with Crippen LogP contribution in [-0.4, -0.2) is 37.5 Å². The highest BCUT2D eigenvalue weighted by atomic mass is 79.9. The highest BCUT2D eigenvalue weighted by Gasteiger charge is 2.32. The zero-order valence-electron chi connectivity index (χ0n) is 15.4. The number of halogens is 1. The lowest BCUT2D eigenvalue weighted by Gasteiger charge is -2.30. The molecule has 1 saturated heterocycles. The van der Waals surface area contributed by atoms with E-state index >= 15 is 0 Å². The van der Waals surface area contributed by atoms with E-state index in [2.05, 4.69) is 21.2 Å². The molecule has 28 heavy (non-hydrogen) atoms. The lowest BCUT2D eigenvalue weighted by atomic mass is 9.97. The van der Waals surface area contributed by atoms with Crippen LogP contribution in [0.4, 0.5) is 5.69 Å². The number of carbonyl (C=O) groups excluding carboxylic acids is 2. The molecule has 6 nitrogen and oxygen atoms in total. The van der Waals surface area contributed by atoms with Crippen molar-refractivity contribution in [2.75, 3.05) is 18.4 Å². The predicted molar refractivity (Wildman–Crippen MR) is 111 cm³/mol. The first-order valence-corrected chi connectivity index (χ1v) is 11.2. The molecule has 2 aromatic carbocycles. The summed E-state index contributed by atoms with van der Waals surface area (Å²) >= 11 is 3.40. The highest BCUT2D eigenvalue weighted by molar-refractivity contribution is 9.10. The average molecular weight is 465 g/mol. The van der Waals surface area contributed by atoms with Gasteiger partial charge in [-0.25, -0.2) is 8.42 Å². The maximum absolute atomic E-state index is 12.8. The molecule has 1 aliphatic heterocycles. The Hall–Kier alpha value is -2.03. The van der Waals surface area contributed by atoms with Gasteiger partial charge in [-0.15, -0.1) is 0 Å². The van der Waals surface area contributed by atoms with Gasteiger partial charge in [0.2, 0.25) is 15.9 Å². The van der Waals surface area contributed by atoms with Gasteiger partial charge in [0.25, 0.3) is 0 Å². The molecular weight excluding hydrogens is 444 g/mol. The van der Waals surface area contributed by atoms with E-state index in [0.29, 0.717) is 24.1 Å². The van der Waals surface area contributed by atoms with Gasteiger partial charge in [0.05, 0.1) is 10.6 Å². The number of sulfonamides is 1. The van der Waals surface area contributed by atoms with Crippen molar-refractivity contribution < 1.29 is 18.0 Å². The number of hydrogen-bond donors (Lipinski definition) is 1. The van der Waals surface area contributed by atoms with Crippen molar-refractivity contribution in [2.45, 2.75) is 24.7 Å². The van der Waals surface area contributed by atoms with Crippen LogP contribution in [0.1, 0.15) is 30.1 Å². The number of nitrogens with one attached hydrogen (secondary N) is 1. The summed E-state index contributed by atoms with van der Waals surface area (Å²) in [4.78, 5) is 24.0. The molecule has 0 unspecified atom stereocenters. The van der Waals surface area contributed by atoms with Crippen molar-refractivity contribution in [1.82, 2.24) is 4.31 Å². The van der Waals surface area contributed by atoms with Gasteiger partial charge in [0.15, 0.2) is 5.78 Å². The normalized spacial score (nSPS) is 15.9. The van der Waals surface area contributed by atoms with Crippen LogP contribution in [0.2, 0.25) is 0 Å². The minimum Gasteiger partial charge on any atom is -0.325 e. The first kappa shape index (κ1) is 20.7. The summed E-state index contributed by atoms with van der Waals surface area (Å²) < 4.78 is 27.8. The average Bonchev–Trinajstić information content (AvgIpc) is 2.70. The van der Waals surface area contributed by atoms with Crippen LogP contribution < -0.4 is 5.32 Å². The second-order valence-electron chi connectivity index (χ2n) is 6.73. The third-order valence-corrected chi connectivity index (χ3v) is 7.46. The van der Waals surface area contributed by atoms with E-state index in [1.807, 2.05) is 24.3 Å². The number of hydrogen-bond acceptors (Lipinski definition) is 4.